The molecule has 0 radical (unpaired) electrons. The van der Waals surface area contributed by atoms with E-state index in [1.54, 1.807) is 22.6 Å². The normalized spacial score (nSPS) is 24.6. The Bertz CT molecular complexity index is 570. The van der Waals surface area contributed by atoms with Crippen LogP contribution in [0.1, 0.15) is 38.5 Å². The van der Waals surface area contributed by atoms with Crippen LogP contribution in [0.2, 0.25) is 0 Å². The summed E-state index contributed by atoms with van der Waals surface area (Å²) in [5.74, 6) is 0. The van der Waals surface area contributed by atoms with Crippen LogP contribution >= 0.6 is 0 Å². The Kier molecular flexibility index (Phi) is 5.10. The number of nitrogens with zero attached hydrogens (tertiary/aromatic N) is 3. The SMILES string of the molecule is O=S(=O)(c1cccnc1)N1CCCCC1CCN1CCCC1. The fraction of sp³-hybridized carbons (Fsp3) is 0.688. The summed E-state index contributed by atoms with van der Waals surface area (Å²) in [6, 6.07) is 3.48. The number of aromatic nitrogens is 1. The van der Waals surface area contributed by atoms with E-state index in [1.807, 2.05) is 0 Å². The Labute approximate surface area is 133 Å². The average molecular weight is 323 g/mol. The smallest absolute Gasteiger partial charge is 0.244 e. The third-order valence-corrected chi connectivity index (χ3v) is 6.73. The third-order valence-electron chi connectivity index (χ3n) is 4.79. The largest absolute Gasteiger partial charge is 0.303 e. The maximum atomic E-state index is 12.9. The second kappa shape index (κ2) is 7.06. The Morgan fingerprint density at radius 2 is 1.91 bits per heavy atom. The zero-order valence-electron chi connectivity index (χ0n) is 13.0. The van der Waals surface area contributed by atoms with Crippen molar-refractivity contribution in [3.05, 3.63) is 24.5 Å². The summed E-state index contributed by atoms with van der Waals surface area (Å²) in [6.07, 6.45) is 9.64. The second-order valence-corrected chi connectivity index (χ2v) is 8.18. The standard InChI is InChI=1S/C16H25N3O2S/c20-22(21,16-7-5-9-17-14-16)19-12-2-1-6-15(19)8-13-18-10-3-4-11-18/h5,7,9,14-15H,1-4,6,8,10-13H2. The van der Waals surface area contributed by atoms with Gasteiger partial charge in [-0.05, 0) is 63.9 Å². The predicted octanol–water partition coefficient (Wildman–Crippen LogP) is 2.11. The van der Waals surface area contributed by atoms with Gasteiger partial charge in [0.1, 0.15) is 4.90 Å². The molecule has 22 heavy (non-hydrogen) atoms. The molecule has 1 unspecified atom stereocenters. The Morgan fingerprint density at radius 3 is 2.64 bits per heavy atom. The molecule has 1 aromatic rings. The first-order valence-electron chi connectivity index (χ1n) is 8.32. The van der Waals surface area contributed by atoms with E-state index < -0.39 is 10.0 Å². The van der Waals surface area contributed by atoms with E-state index in [0.29, 0.717) is 11.4 Å². The summed E-state index contributed by atoms with van der Waals surface area (Å²) in [4.78, 5) is 6.75. The summed E-state index contributed by atoms with van der Waals surface area (Å²) < 4.78 is 27.5. The lowest BCUT2D eigenvalue weighted by atomic mass is 10.0. The molecule has 0 aromatic carbocycles. The van der Waals surface area contributed by atoms with Crippen molar-refractivity contribution >= 4 is 10.0 Å². The lowest BCUT2D eigenvalue weighted by Crippen LogP contribution is -2.45. The predicted molar refractivity (Wildman–Crippen MR) is 86.1 cm³/mol. The van der Waals surface area contributed by atoms with E-state index in [2.05, 4.69) is 9.88 Å². The molecule has 2 aliphatic rings. The first-order chi connectivity index (χ1) is 10.7. The van der Waals surface area contributed by atoms with E-state index in [0.717, 1.165) is 32.2 Å². The minimum Gasteiger partial charge on any atom is -0.303 e. The van der Waals surface area contributed by atoms with E-state index in [9.17, 15) is 8.42 Å². The highest BCUT2D eigenvalue weighted by Gasteiger charge is 2.33. The highest BCUT2D eigenvalue weighted by atomic mass is 32.2. The van der Waals surface area contributed by atoms with Crippen LogP contribution in [0, 0.1) is 0 Å². The van der Waals surface area contributed by atoms with Crippen LogP contribution in [0.15, 0.2) is 29.4 Å². The number of hydrogen-bond donors (Lipinski definition) is 0. The molecule has 0 amide bonds. The van der Waals surface area contributed by atoms with E-state index in [-0.39, 0.29) is 6.04 Å². The van der Waals surface area contributed by atoms with Crippen LogP contribution in [0.25, 0.3) is 0 Å². The first kappa shape index (κ1) is 15.9. The first-order valence-corrected chi connectivity index (χ1v) is 9.76. The van der Waals surface area contributed by atoms with Gasteiger partial charge in [-0.15, -0.1) is 0 Å². The average Bonchev–Trinajstić information content (AvgIpc) is 3.07. The number of hydrogen-bond acceptors (Lipinski definition) is 4. The van der Waals surface area contributed by atoms with Gasteiger partial charge in [-0.1, -0.05) is 6.42 Å². The molecule has 6 heteroatoms. The quantitative estimate of drug-likeness (QED) is 0.833. The van der Waals surface area contributed by atoms with Crippen LogP contribution in [-0.2, 0) is 10.0 Å². The monoisotopic (exact) mass is 323 g/mol. The molecule has 3 rings (SSSR count). The van der Waals surface area contributed by atoms with Gasteiger partial charge in [0.2, 0.25) is 10.0 Å². The lowest BCUT2D eigenvalue weighted by Gasteiger charge is -2.35. The molecule has 122 valence electrons. The Morgan fingerprint density at radius 1 is 1.14 bits per heavy atom. The molecule has 0 bridgehead atoms. The maximum Gasteiger partial charge on any atom is 0.244 e. The van der Waals surface area contributed by atoms with E-state index in [1.165, 1.54) is 32.1 Å². The number of sulfonamides is 1. The number of pyridine rings is 1. The molecule has 0 N–H and O–H groups in total. The summed E-state index contributed by atoms with van der Waals surface area (Å²) in [7, 11) is -3.40. The van der Waals surface area contributed by atoms with Crippen LogP contribution < -0.4 is 0 Å². The van der Waals surface area contributed by atoms with Crippen LogP contribution in [0.5, 0.6) is 0 Å². The Balaban J connectivity index is 1.71. The molecule has 1 aromatic heterocycles. The van der Waals surface area contributed by atoms with Gasteiger partial charge in [-0.2, -0.15) is 4.31 Å². The fourth-order valence-corrected chi connectivity index (χ4v) is 5.24. The number of piperidine rings is 1. The third kappa shape index (κ3) is 3.50. The van der Waals surface area contributed by atoms with Gasteiger partial charge < -0.3 is 4.90 Å². The maximum absolute atomic E-state index is 12.9. The van der Waals surface area contributed by atoms with E-state index >= 15 is 0 Å². The minimum atomic E-state index is -3.40. The molecular formula is C16H25N3O2S. The molecular weight excluding hydrogens is 298 g/mol. The van der Waals surface area contributed by atoms with Crippen molar-refractivity contribution in [1.82, 2.24) is 14.2 Å². The molecule has 1 atom stereocenters. The van der Waals surface area contributed by atoms with Crippen molar-refractivity contribution in [3.8, 4) is 0 Å². The molecule has 5 nitrogen and oxygen atoms in total. The van der Waals surface area contributed by atoms with Gasteiger partial charge in [-0.3, -0.25) is 4.98 Å². The van der Waals surface area contributed by atoms with Crippen molar-refractivity contribution in [3.63, 3.8) is 0 Å². The van der Waals surface area contributed by atoms with Crippen molar-refractivity contribution in [2.75, 3.05) is 26.2 Å². The zero-order chi connectivity index (χ0) is 15.4. The van der Waals surface area contributed by atoms with Gasteiger partial charge >= 0.3 is 0 Å². The van der Waals surface area contributed by atoms with Gasteiger partial charge in [-0.25, -0.2) is 8.42 Å². The van der Waals surface area contributed by atoms with Gasteiger partial charge in [0.25, 0.3) is 0 Å². The van der Waals surface area contributed by atoms with Gasteiger partial charge in [0, 0.05) is 25.0 Å². The zero-order valence-corrected chi connectivity index (χ0v) is 13.8. The summed E-state index contributed by atoms with van der Waals surface area (Å²) in [6.45, 7) is 4.00. The van der Waals surface area contributed by atoms with Gasteiger partial charge in [0.05, 0.1) is 0 Å². The van der Waals surface area contributed by atoms with Crippen molar-refractivity contribution in [2.45, 2.75) is 49.5 Å². The van der Waals surface area contributed by atoms with Crippen LogP contribution in [-0.4, -0.2) is 54.8 Å². The van der Waals surface area contributed by atoms with Crippen molar-refractivity contribution in [2.24, 2.45) is 0 Å². The van der Waals surface area contributed by atoms with Crippen molar-refractivity contribution < 1.29 is 8.42 Å². The second-order valence-electron chi connectivity index (χ2n) is 6.29. The highest BCUT2D eigenvalue weighted by Crippen LogP contribution is 2.27. The molecule has 3 heterocycles. The molecule has 0 spiro atoms. The summed E-state index contributed by atoms with van der Waals surface area (Å²) in [5, 5.41) is 0. The highest BCUT2D eigenvalue weighted by molar-refractivity contribution is 7.89. The van der Waals surface area contributed by atoms with Crippen LogP contribution in [0.4, 0.5) is 0 Å². The molecule has 2 saturated heterocycles. The van der Waals surface area contributed by atoms with Crippen LogP contribution in [0.3, 0.4) is 0 Å². The molecule has 2 aliphatic heterocycles. The Hall–Kier alpha value is -0.980. The van der Waals surface area contributed by atoms with Gasteiger partial charge in [0.15, 0.2) is 0 Å². The number of rotatable bonds is 5. The minimum absolute atomic E-state index is 0.138. The summed E-state index contributed by atoms with van der Waals surface area (Å²) >= 11 is 0. The number of likely N-dealkylation sites (tertiary alicyclic amines) is 1. The molecule has 2 fully saturated rings. The van der Waals surface area contributed by atoms with Crippen molar-refractivity contribution in [1.29, 1.82) is 0 Å². The fourth-order valence-electron chi connectivity index (χ4n) is 3.55. The van der Waals surface area contributed by atoms with E-state index in [4.69, 9.17) is 0 Å². The topological polar surface area (TPSA) is 53.5 Å². The molecule has 0 aliphatic carbocycles. The lowest BCUT2D eigenvalue weighted by molar-refractivity contribution is 0.213. The summed E-state index contributed by atoms with van der Waals surface area (Å²) in [5.41, 5.74) is 0. The molecule has 0 saturated carbocycles.